The average Bonchev–Trinajstić information content (AvgIpc) is 2.76. The van der Waals surface area contributed by atoms with E-state index in [1.807, 2.05) is 6.20 Å². The van der Waals surface area contributed by atoms with E-state index in [-0.39, 0.29) is 36.0 Å². The van der Waals surface area contributed by atoms with Crippen LogP contribution in [-0.4, -0.2) is 73.9 Å². The van der Waals surface area contributed by atoms with Crippen LogP contribution < -0.4 is 15.5 Å². The molecule has 0 spiro atoms. The minimum absolute atomic E-state index is 0. The number of piperazine rings is 1. The highest BCUT2D eigenvalue weighted by molar-refractivity contribution is 14.0. The zero-order valence-electron chi connectivity index (χ0n) is 19.2. The van der Waals surface area contributed by atoms with Gasteiger partial charge in [-0.3, -0.25) is 0 Å². The maximum atomic E-state index is 9.43. The molecule has 1 aliphatic rings. The van der Waals surface area contributed by atoms with Crippen molar-refractivity contribution in [3.8, 4) is 0 Å². The average molecular weight is 533 g/mol. The number of hydrogen-bond donors (Lipinski definition) is 3. The number of guanidine groups is 1. The molecule has 0 saturated carbocycles. The fourth-order valence-corrected chi connectivity index (χ4v) is 3.70. The number of nitrogens with zero attached hydrogens (tertiary/aromatic N) is 4. The maximum Gasteiger partial charge on any atom is 0.191 e. The summed E-state index contributed by atoms with van der Waals surface area (Å²) in [6.07, 6.45) is 4.82. The number of aliphatic imine (C=N–C) groups is 1. The van der Waals surface area contributed by atoms with Crippen LogP contribution in [0.1, 0.15) is 45.6 Å². The van der Waals surface area contributed by atoms with Crippen molar-refractivity contribution in [1.29, 1.82) is 0 Å². The summed E-state index contributed by atoms with van der Waals surface area (Å²) in [7, 11) is 2.16. The van der Waals surface area contributed by atoms with E-state index in [1.54, 1.807) is 0 Å². The monoisotopic (exact) mass is 532 g/mol. The van der Waals surface area contributed by atoms with Gasteiger partial charge in [0, 0.05) is 52.1 Å². The molecule has 2 rings (SSSR count). The quantitative estimate of drug-likeness (QED) is 0.245. The standard InChI is InChI=1S/C22H40N6O.HI/c1-5-22(6-2,10-15-29)18-26-21(23-7-3)25-17-19-8-9-20(24-16-19)28-13-11-27(4)12-14-28;/h8-9,16,29H,5-7,10-15,17-18H2,1-4H3,(H2,23,25,26);1H. The second-order valence-electron chi connectivity index (χ2n) is 8.04. The molecule has 1 aliphatic heterocycles. The highest BCUT2D eigenvalue weighted by Gasteiger charge is 2.25. The van der Waals surface area contributed by atoms with Crippen molar-refractivity contribution in [2.45, 2.75) is 46.6 Å². The third-order valence-electron chi connectivity index (χ3n) is 6.17. The molecular weight excluding hydrogens is 491 g/mol. The molecule has 1 aromatic heterocycles. The van der Waals surface area contributed by atoms with Crippen molar-refractivity contribution in [2.75, 3.05) is 57.8 Å². The van der Waals surface area contributed by atoms with Crippen molar-refractivity contribution >= 4 is 35.8 Å². The highest BCUT2D eigenvalue weighted by atomic mass is 127. The van der Waals surface area contributed by atoms with Crippen LogP contribution in [0.5, 0.6) is 0 Å². The highest BCUT2D eigenvalue weighted by Crippen LogP contribution is 2.29. The Kier molecular flexibility index (Phi) is 12.6. The van der Waals surface area contributed by atoms with Gasteiger partial charge in [-0.25, -0.2) is 9.98 Å². The van der Waals surface area contributed by atoms with Crippen LogP contribution in [0.3, 0.4) is 0 Å². The normalized spacial score (nSPS) is 15.6. The Morgan fingerprint density at radius 2 is 1.83 bits per heavy atom. The van der Waals surface area contributed by atoms with Gasteiger partial charge in [0.25, 0.3) is 0 Å². The Morgan fingerprint density at radius 3 is 2.37 bits per heavy atom. The molecule has 1 saturated heterocycles. The second kappa shape index (κ2) is 14.0. The molecule has 0 aromatic carbocycles. The first kappa shape index (κ1) is 26.9. The fraction of sp³-hybridized carbons (Fsp3) is 0.727. The lowest BCUT2D eigenvalue weighted by Crippen LogP contribution is -2.44. The summed E-state index contributed by atoms with van der Waals surface area (Å²) in [5, 5.41) is 16.2. The van der Waals surface area contributed by atoms with Crippen LogP contribution in [0.2, 0.25) is 0 Å². The Hall–Kier alpha value is -1.13. The zero-order valence-corrected chi connectivity index (χ0v) is 21.5. The van der Waals surface area contributed by atoms with Gasteiger partial charge in [-0.15, -0.1) is 24.0 Å². The van der Waals surface area contributed by atoms with E-state index in [0.717, 1.165) is 75.9 Å². The van der Waals surface area contributed by atoms with Gasteiger partial charge in [-0.05, 0) is 50.3 Å². The molecule has 1 fully saturated rings. The van der Waals surface area contributed by atoms with Crippen LogP contribution >= 0.6 is 24.0 Å². The van der Waals surface area contributed by atoms with Gasteiger partial charge in [0.2, 0.25) is 0 Å². The summed E-state index contributed by atoms with van der Waals surface area (Å²) in [5.41, 5.74) is 1.21. The van der Waals surface area contributed by atoms with E-state index in [4.69, 9.17) is 4.99 Å². The molecule has 0 bridgehead atoms. The predicted molar refractivity (Wildman–Crippen MR) is 137 cm³/mol. The smallest absolute Gasteiger partial charge is 0.191 e. The lowest BCUT2D eigenvalue weighted by molar-refractivity contribution is 0.169. The number of nitrogens with one attached hydrogen (secondary N) is 2. The summed E-state index contributed by atoms with van der Waals surface area (Å²) >= 11 is 0. The topological polar surface area (TPSA) is 76.0 Å². The summed E-state index contributed by atoms with van der Waals surface area (Å²) in [4.78, 5) is 14.1. The molecule has 0 aliphatic carbocycles. The van der Waals surface area contributed by atoms with Crippen LogP contribution in [-0.2, 0) is 6.54 Å². The lowest BCUT2D eigenvalue weighted by Gasteiger charge is -2.33. The molecule has 172 valence electrons. The maximum absolute atomic E-state index is 9.43. The minimum atomic E-state index is 0. The summed E-state index contributed by atoms with van der Waals surface area (Å²) < 4.78 is 0. The third kappa shape index (κ3) is 8.19. The van der Waals surface area contributed by atoms with Crippen molar-refractivity contribution in [3.05, 3.63) is 23.9 Å². The van der Waals surface area contributed by atoms with Gasteiger partial charge < -0.3 is 25.5 Å². The number of anilines is 1. The van der Waals surface area contributed by atoms with Gasteiger partial charge in [-0.2, -0.15) is 0 Å². The van der Waals surface area contributed by atoms with E-state index in [2.05, 4.69) is 65.4 Å². The van der Waals surface area contributed by atoms with Gasteiger partial charge >= 0.3 is 0 Å². The Labute approximate surface area is 199 Å². The van der Waals surface area contributed by atoms with E-state index in [1.165, 1.54) is 0 Å². The first-order valence-electron chi connectivity index (χ1n) is 11.1. The van der Waals surface area contributed by atoms with Gasteiger partial charge in [0.1, 0.15) is 5.82 Å². The minimum Gasteiger partial charge on any atom is -0.396 e. The van der Waals surface area contributed by atoms with E-state index >= 15 is 0 Å². The number of aliphatic hydroxyl groups is 1. The van der Waals surface area contributed by atoms with Crippen LogP contribution in [0.25, 0.3) is 0 Å². The number of rotatable bonds is 10. The number of likely N-dealkylation sites (N-methyl/N-ethyl adjacent to an activating group) is 1. The number of halogens is 1. The first-order valence-corrected chi connectivity index (χ1v) is 11.1. The number of aromatic nitrogens is 1. The molecular formula is C22H41IN6O. The Bertz CT molecular complexity index is 613. The van der Waals surface area contributed by atoms with Crippen molar-refractivity contribution in [3.63, 3.8) is 0 Å². The SMILES string of the molecule is CCNC(=NCc1ccc(N2CCN(C)CC2)nc1)NCC(CC)(CC)CCO.I. The van der Waals surface area contributed by atoms with E-state index in [9.17, 15) is 5.11 Å². The predicted octanol–water partition coefficient (Wildman–Crippen LogP) is 2.70. The molecule has 8 heteroatoms. The number of pyridine rings is 1. The number of aliphatic hydroxyl groups excluding tert-OH is 1. The lowest BCUT2D eigenvalue weighted by atomic mass is 9.79. The van der Waals surface area contributed by atoms with Gasteiger partial charge in [-0.1, -0.05) is 19.9 Å². The molecule has 1 aromatic rings. The third-order valence-corrected chi connectivity index (χ3v) is 6.17. The summed E-state index contributed by atoms with van der Waals surface area (Å²) in [5.74, 6) is 1.87. The van der Waals surface area contributed by atoms with E-state index < -0.39 is 0 Å². The largest absolute Gasteiger partial charge is 0.396 e. The first-order chi connectivity index (χ1) is 14.1. The van der Waals surface area contributed by atoms with E-state index in [0.29, 0.717) is 6.54 Å². The Balaban J connectivity index is 0.00000450. The van der Waals surface area contributed by atoms with Crippen LogP contribution in [0.4, 0.5) is 5.82 Å². The molecule has 0 unspecified atom stereocenters. The molecule has 0 amide bonds. The molecule has 3 N–H and O–H groups in total. The molecule has 0 atom stereocenters. The fourth-order valence-electron chi connectivity index (χ4n) is 3.70. The van der Waals surface area contributed by atoms with Crippen LogP contribution in [0, 0.1) is 5.41 Å². The van der Waals surface area contributed by atoms with Crippen molar-refractivity contribution in [2.24, 2.45) is 10.4 Å². The van der Waals surface area contributed by atoms with Gasteiger partial charge in [0.15, 0.2) is 5.96 Å². The van der Waals surface area contributed by atoms with Crippen molar-refractivity contribution in [1.82, 2.24) is 20.5 Å². The van der Waals surface area contributed by atoms with Crippen LogP contribution in [0.15, 0.2) is 23.3 Å². The second-order valence-corrected chi connectivity index (χ2v) is 8.04. The van der Waals surface area contributed by atoms with Gasteiger partial charge in [0.05, 0.1) is 6.54 Å². The number of hydrogen-bond acceptors (Lipinski definition) is 5. The molecule has 30 heavy (non-hydrogen) atoms. The summed E-state index contributed by atoms with van der Waals surface area (Å²) in [6.45, 7) is 13.1. The molecule has 7 nitrogen and oxygen atoms in total. The van der Waals surface area contributed by atoms with Crippen molar-refractivity contribution < 1.29 is 5.11 Å². The Morgan fingerprint density at radius 1 is 1.13 bits per heavy atom. The molecule has 2 heterocycles. The zero-order chi connectivity index (χ0) is 21.1. The summed E-state index contributed by atoms with van der Waals surface area (Å²) in [6, 6.07) is 4.23. The molecule has 0 radical (unpaired) electrons.